The van der Waals surface area contributed by atoms with Gasteiger partial charge >= 0.3 is 0 Å². The summed E-state index contributed by atoms with van der Waals surface area (Å²) in [5.41, 5.74) is 6.76. The predicted octanol–water partition coefficient (Wildman–Crippen LogP) is 2.38. The topological polar surface area (TPSA) is 48.1 Å². The van der Waals surface area contributed by atoms with Gasteiger partial charge in [-0.2, -0.15) is 0 Å². The van der Waals surface area contributed by atoms with E-state index in [-0.39, 0.29) is 0 Å². The van der Waals surface area contributed by atoms with Crippen LogP contribution in [-0.4, -0.2) is 18.6 Å². The zero-order valence-electron chi connectivity index (χ0n) is 10.3. The molecule has 17 heavy (non-hydrogen) atoms. The Morgan fingerprint density at radius 2 is 2.18 bits per heavy atom. The van der Waals surface area contributed by atoms with Crippen LogP contribution < -0.4 is 10.5 Å². The number of aromatic nitrogens is 1. The first kappa shape index (κ1) is 11.9. The number of nitrogens with zero attached hydrogens (tertiary/aromatic N) is 1. The molecule has 0 aliphatic rings. The first-order valence-electron chi connectivity index (χ1n) is 5.86. The van der Waals surface area contributed by atoms with Crippen molar-refractivity contribution in [1.82, 2.24) is 4.98 Å². The van der Waals surface area contributed by atoms with Crippen LogP contribution in [0, 0.1) is 5.92 Å². The van der Waals surface area contributed by atoms with Crippen LogP contribution in [0.2, 0.25) is 0 Å². The minimum absolute atomic E-state index is 0.444. The third-order valence-corrected chi connectivity index (χ3v) is 3.00. The molecule has 0 bridgehead atoms. The SMILES string of the molecule is COc1ccc2ccnc(CC(C)CN)c2c1. The lowest BCUT2D eigenvalue weighted by atomic mass is 10.0. The zero-order valence-corrected chi connectivity index (χ0v) is 10.3. The number of benzene rings is 1. The van der Waals surface area contributed by atoms with E-state index < -0.39 is 0 Å². The molecule has 3 nitrogen and oxygen atoms in total. The standard InChI is InChI=1S/C14H18N2O/c1-10(9-15)7-14-13-8-12(17-2)4-3-11(13)5-6-16-14/h3-6,8,10H,7,9,15H2,1-2H3. The largest absolute Gasteiger partial charge is 0.497 e. The molecule has 0 aliphatic carbocycles. The lowest BCUT2D eigenvalue weighted by Crippen LogP contribution is -2.14. The summed E-state index contributed by atoms with van der Waals surface area (Å²) in [7, 11) is 1.68. The Hall–Kier alpha value is -1.61. The van der Waals surface area contributed by atoms with Crippen molar-refractivity contribution < 1.29 is 4.74 Å². The van der Waals surface area contributed by atoms with E-state index in [2.05, 4.69) is 18.0 Å². The second kappa shape index (κ2) is 5.15. The number of rotatable bonds is 4. The van der Waals surface area contributed by atoms with E-state index in [0.717, 1.165) is 23.3 Å². The van der Waals surface area contributed by atoms with Crippen molar-refractivity contribution in [1.29, 1.82) is 0 Å². The predicted molar refractivity (Wildman–Crippen MR) is 70.2 cm³/mol. The van der Waals surface area contributed by atoms with Crippen LogP contribution in [-0.2, 0) is 6.42 Å². The van der Waals surface area contributed by atoms with Gasteiger partial charge in [-0.25, -0.2) is 0 Å². The van der Waals surface area contributed by atoms with Gasteiger partial charge < -0.3 is 10.5 Å². The maximum absolute atomic E-state index is 5.67. The van der Waals surface area contributed by atoms with Gasteiger partial charge in [0.1, 0.15) is 5.75 Å². The molecule has 1 heterocycles. The van der Waals surface area contributed by atoms with Crippen molar-refractivity contribution in [3.63, 3.8) is 0 Å². The average Bonchev–Trinajstić information content (AvgIpc) is 2.38. The molecule has 1 unspecified atom stereocenters. The van der Waals surface area contributed by atoms with Gasteiger partial charge in [0.2, 0.25) is 0 Å². The normalized spacial score (nSPS) is 12.6. The van der Waals surface area contributed by atoms with E-state index >= 15 is 0 Å². The maximum Gasteiger partial charge on any atom is 0.119 e. The van der Waals surface area contributed by atoms with Gasteiger partial charge in [0.25, 0.3) is 0 Å². The monoisotopic (exact) mass is 230 g/mol. The fourth-order valence-electron chi connectivity index (χ4n) is 1.91. The Morgan fingerprint density at radius 3 is 2.88 bits per heavy atom. The van der Waals surface area contributed by atoms with Crippen molar-refractivity contribution in [2.24, 2.45) is 11.7 Å². The lowest BCUT2D eigenvalue weighted by molar-refractivity contribution is 0.415. The van der Waals surface area contributed by atoms with Crippen molar-refractivity contribution in [3.05, 3.63) is 36.2 Å². The van der Waals surface area contributed by atoms with Gasteiger partial charge in [-0.1, -0.05) is 13.0 Å². The van der Waals surface area contributed by atoms with Gasteiger partial charge in [0, 0.05) is 17.3 Å². The van der Waals surface area contributed by atoms with Crippen molar-refractivity contribution in [2.45, 2.75) is 13.3 Å². The number of pyridine rings is 1. The van der Waals surface area contributed by atoms with Gasteiger partial charge in [0.05, 0.1) is 7.11 Å². The molecule has 3 heteroatoms. The highest BCUT2D eigenvalue weighted by Gasteiger charge is 2.07. The van der Waals surface area contributed by atoms with Crippen LogP contribution in [0.3, 0.4) is 0 Å². The smallest absolute Gasteiger partial charge is 0.119 e. The summed E-state index contributed by atoms with van der Waals surface area (Å²) in [5.74, 6) is 1.31. The summed E-state index contributed by atoms with van der Waals surface area (Å²) in [6, 6.07) is 8.09. The van der Waals surface area contributed by atoms with E-state index in [1.807, 2.05) is 24.4 Å². The minimum Gasteiger partial charge on any atom is -0.497 e. The summed E-state index contributed by atoms with van der Waals surface area (Å²) in [6.45, 7) is 2.82. The van der Waals surface area contributed by atoms with Gasteiger partial charge in [-0.05, 0) is 42.5 Å². The summed E-state index contributed by atoms with van der Waals surface area (Å²) >= 11 is 0. The average molecular weight is 230 g/mol. The molecule has 0 saturated heterocycles. The molecule has 2 aromatic rings. The van der Waals surface area contributed by atoms with Crippen LogP contribution in [0.1, 0.15) is 12.6 Å². The van der Waals surface area contributed by atoms with E-state index in [1.165, 1.54) is 5.39 Å². The summed E-state index contributed by atoms with van der Waals surface area (Å²) in [5, 5.41) is 2.35. The third-order valence-electron chi connectivity index (χ3n) is 3.00. The fourth-order valence-corrected chi connectivity index (χ4v) is 1.91. The van der Waals surface area contributed by atoms with Crippen LogP contribution in [0.4, 0.5) is 0 Å². The molecule has 0 aliphatic heterocycles. The molecule has 2 rings (SSSR count). The summed E-state index contributed by atoms with van der Waals surface area (Å²) < 4.78 is 5.26. The van der Waals surface area contributed by atoms with Crippen molar-refractivity contribution in [2.75, 3.05) is 13.7 Å². The van der Waals surface area contributed by atoms with E-state index in [4.69, 9.17) is 10.5 Å². The Morgan fingerprint density at radius 1 is 1.35 bits per heavy atom. The third kappa shape index (κ3) is 2.56. The molecule has 0 radical (unpaired) electrons. The Bertz CT molecular complexity index is 511. The zero-order chi connectivity index (χ0) is 12.3. The van der Waals surface area contributed by atoms with Gasteiger partial charge in [-0.15, -0.1) is 0 Å². The summed E-state index contributed by atoms with van der Waals surface area (Å²) in [6.07, 6.45) is 2.76. The second-order valence-corrected chi connectivity index (χ2v) is 4.39. The molecule has 1 aromatic heterocycles. The Balaban J connectivity index is 2.46. The highest BCUT2D eigenvalue weighted by Crippen LogP contribution is 2.24. The molecule has 90 valence electrons. The molecule has 2 N–H and O–H groups in total. The molecular weight excluding hydrogens is 212 g/mol. The molecule has 0 amide bonds. The number of hydrogen-bond acceptors (Lipinski definition) is 3. The number of ether oxygens (including phenoxy) is 1. The van der Waals surface area contributed by atoms with E-state index in [9.17, 15) is 0 Å². The van der Waals surface area contributed by atoms with Crippen LogP contribution in [0.5, 0.6) is 5.75 Å². The van der Waals surface area contributed by atoms with Crippen molar-refractivity contribution in [3.8, 4) is 5.75 Å². The molecular formula is C14H18N2O. The first-order chi connectivity index (χ1) is 8.24. The van der Waals surface area contributed by atoms with Gasteiger partial charge in [-0.3, -0.25) is 4.98 Å². The maximum atomic E-state index is 5.67. The van der Waals surface area contributed by atoms with E-state index in [1.54, 1.807) is 7.11 Å². The Kier molecular flexibility index (Phi) is 3.59. The number of hydrogen-bond donors (Lipinski definition) is 1. The highest BCUT2D eigenvalue weighted by molar-refractivity contribution is 5.85. The number of nitrogens with two attached hydrogens (primary N) is 1. The Labute approximate surface area is 102 Å². The molecule has 0 saturated carbocycles. The van der Waals surface area contributed by atoms with Crippen LogP contribution in [0.25, 0.3) is 10.8 Å². The molecule has 1 aromatic carbocycles. The molecule has 1 atom stereocenters. The van der Waals surface area contributed by atoms with E-state index in [0.29, 0.717) is 12.5 Å². The van der Waals surface area contributed by atoms with Crippen LogP contribution in [0.15, 0.2) is 30.5 Å². The fraction of sp³-hybridized carbons (Fsp3) is 0.357. The van der Waals surface area contributed by atoms with Crippen LogP contribution >= 0.6 is 0 Å². The van der Waals surface area contributed by atoms with Crippen molar-refractivity contribution >= 4 is 10.8 Å². The molecule has 0 fully saturated rings. The number of methoxy groups -OCH3 is 1. The summed E-state index contributed by atoms with van der Waals surface area (Å²) in [4.78, 5) is 4.46. The number of fused-ring (bicyclic) bond motifs is 1. The minimum atomic E-state index is 0.444. The quantitative estimate of drug-likeness (QED) is 0.877. The van der Waals surface area contributed by atoms with Gasteiger partial charge in [0.15, 0.2) is 0 Å². The second-order valence-electron chi connectivity index (χ2n) is 4.39. The lowest BCUT2D eigenvalue weighted by Gasteiger charge is -2.11. The molecule has 0 spiro atoms. The highest BCUT2D eigenvalue weighted by atomic mass is 16.5. The first-order valence-corrected chi connectivity index (χ1v) is 5.86.